The van der Waals surface area contributed by atoms with E-state index in [0.717, 1.165) is 0 Å². The Hall–Kier alpha value is -0.878. The molecule has 0 aliphatic carbocycles. The van der Waals surface area contributed by atoms with Crippen LogP contribution in [-0.2, 0) is 0 Å². The molecule has 0 atom stereocenters. The summed E-state index contributed by atoms with van der Waals surface area (Å²) in [5.74, 6) is 0. The summed E-state index contributed by atoms with van der Waals surface area (Å²) in [6, 6.07) is 0. The first-order valence-corrected chi connectivity index (χ1v) is 6.98. The van der Waals surface area contributed by atoms with Crippen molar-refractivity contribution in [1.29, 1.82) is 0 Å². The first-order chi connectivity index (χ1) is 4.46. The fourth-order valence-electron chi connectivity index (χ4n) is 0.200. The van der Waals surface area contributed by atoms with Gasteiger partial charge in [-0.05, 0) is 0 Å². The Labute approximate surface area is 62.5 Å². The van der Waals surface area contributed by atoms with Gasteiger partial charge in [-0.3, -0.25) is 0 Å². The number of hydrogen-bond donors (Lipinski definition) is 0. The summed E-state index contributed by atoms with van der Waals surface area (Å²) in [4.78, 5) is 28.8. The predicted molar refractivity (Wildman–Crippen MR) is 26.7 cm³/mol. The zero-order valence-electron chi connectivity index (χ0n) is 4.29. The van der Waals surface area contributed by atoms with Crippen LogP contribution in [0.4, 0.5) is 0 Å². The van der Waals surface area contributed by atoms with Crippen molar-refractivity contribution >= 4 is 23.6 Å². The summed E-state index contributed by atoms with van der Waals surface area (Å²) >= 11 is -5.00. The second-order valence-electron chi connectivity index (χ2n) is 1.07. The molecule has 0 aromatic rings. The van der Waals surface area contributed by atoms with E-state index in [1.807, 2.05) is 0 Å². The van der Waals surface area contributed by atoms with Crippen LogP contribution in [0.2, 0.25) is 0 Å². The minimum absolute atomic E-state index is 1.37. The molecule has 0 fully saturated rings. The molecule has 0 aromatic carbocycles. The Morgan fingerprint density at radius 3 is 1.00 bits per heavy atom. The van der Waals surface area contributed by atoms with Gasteiger partial charge in [0.2, 0.25) is 0 Å². The van der Waals surface area contributed by atoms with Gasteiger partial charge in [-0.25, -0.2) is 0 Å². The summed E-state index contributed by atoms with van der Waals surface area (Å²) in [5, 5.41) is 28.8. The molecule has 9 nitrogen and oxygen atoms in total. The SMILES string of the molecule is O=[N+]([O-])[Pb]([N+](=O)[O-])[N+](=O)[O-]. The number of nitro groups is 3. The molecular weight excluding hydrogens is 345 g/mol. The third-order valence-electron chi connectivity index (χ3n) is 0.490. The zero-order chi connectivity index (χ0) is 8.31. The van der Waals surface area contributed by atoms with Gasteiger partial charge in [0.05, 0.1) is 0 Å². The van der Waals surface area contributed by atoms with Gasteiger partial charge in [0.25, 0.3) is 0 Å². The van der Waals surface area contributed by atoms with E-state index in [4.69, 9.17) is 0 Å². The molecule has 0 amide bonds. The Kier molecular flexibility index (Phi) is 3.04. The van der Waals surface area contributed by atoms with Crippen LogP contribution in [0.1, 0.15) is 0 Å². The van der Waals surface area contributed by atoms with Crippen molar-refractivity contribution in [1.82, 2.24) is 0 Å². The molecule has 0 rings (SSSR count). The monoisotopic (exact) mass is 346 g/mol. The van der Waals surface area contributed by atoms with Crippen molar-refractivity contribution in [3.05, 3.63) is 30.3 Å². The first-order valence-electron chi connectivity index (χ1n) is 1.77. The van der Waals surface area contributed by atoms with Crippen LogP contribution >= 0.6 is 0 Å². The summed E-state index contributed by atoms with van der Waals surface area (Å²) < 4.78 is -4.11. The molecule has 1 radical (unpaired) electrons. The van der Waals surface area contributed by atoms with Crippen molar-refractivity contribution in [3.8, 4) is 0 Å². The van der Waals surface area contributed by atoms with E-state index in [-0.39, 0.29) is 0 Å². The molecule has 10 heteroatoms. The fourth-order valence-corrected chi connectivity index (χ4v) is 1.75. The molecule has 0 unspecified atom stereocenters. The Morgan fingerprint density at radius 1 is 0.800 bits per heavy atom. The molecular formula is N3O6Pb. The van der Waals surface area contributed by atoms with E-state index in [1.54, 1.807) is 0 Å². The number of nitrogens with zero attached hydrogens (tertiary/aromatic N) is 3. The molecule has 0 heterocycles. The molecule has 55 valence electrons. The summed E-state index contributed by atoms with van der Waals surface area (Å²) in [5.41, 5.74) is 0. The maximum absolute atomic E-state index is 9.60. The predicted octanol–water partition coefficient (Wildman–Crippen LogP) is -1.20. The van der Waals surface area contributed by atoms with E-state index in [1.165, 1.54) is 0 Å². The van der Waals surface area contributed by atoms with Crippen molar-refractivity contribution in [2.75, 3.05) is 0 Å². The van der Waals surface area contributed by atoms with Crippen molar-refractivity contribution in [2.24, 2.45) is 0 Å². The molecule has 0 saturated carbocycles. The van der Waals surface area contributed by atoms with Gasteiger partial charge in [0.15, 0.2) is 0 Å². The summed E-state index contributed by atoms with van der Waals surface area (Å²) in [7, 11) is 0. The second kappa shape index (κ2) is 3.33. The average molecular weight is 345 g/mol. The van der Waals surface area contributed by atoms with E-state index < -0.39 is 31.8 Å². The van der Waals surface area contributed by atoms with E-state index in [0.29, 0.717) is 0 Å². The quantitative estimate of drug-likeness (QED) is 0.359. The number of rotatable bonds is 3. The van der Waals surface area contributed by atoms with Crippen LogP contribution in [0.3, 0.4) is 0 Å². The van der Waals surface area contributed by atoms with E-state index in [9.17, 15) is 30.3 Å². The van der Waals surface area contributed by atoms with Crippen LogP contribution in [0.5, 0.6) is 0 Å². The molecule has 0 aliphatic heterocycles. The van der Waals surface area contributed by atoms with Gasteiger partial charge >= 0.3 is 62.1 Å². The maximum atomic E-state index is 9.60. The topological polar surface area (TPSA) is 129 Å². The van der Waals surface area contributed by atoms with E-state index in [2.05, 4.69) is 0 Å². The molecule has 0 N–H and O–H groups in total. The molecule has 0 aromatic heterocycles. The molecule has 0 saturated heterocycles. The van der Waals surface area contributed by atoms with Gasteiger partial charge in [-0.15, -0.1) is 0 Å². The first kappa shape index (κ1) is 9.12. The molecule has 0 bridgehead atoms. The minimum atomic E-state index is -5.00. The van der Waals surface area contributed by atoms with Gasteiger partial charge < -0.3 is 0 Å². The normalized spacial score (nSPS) is 9.30. The summed E-state index contributed by atoms with van der Waals surface area (Å²) in [6.07, 6.45) is 0. The van der Waals surface area contributed by atoms with Gasteiger partial charge in [-0.1, -0.05) is 0 Å². The molecule has 0 spiro atoms. The van der Waals surface area contributed by atoms with Crippen LogP contribution < -0.4 is 0 Å². The third kappa shape index (κ3) is 2.16. The van der Waals surface area contributed by atoms with Crippen LogP contribution in [0, 0.1) is 30.3 Å². The fraction of sp³-hybridized carbons (Fsp3) is 0. The van der Waals surface area contributed by atoms with Crippen molar-refractivity contribution < 1.29 is 8.20 Å². The molecule has 0 aliphatic rings. The standard InChI is InChI=1S/3NO2.Pb/c3*2-1-3;. The van der Waals surface area contributed by atoms with E-state index >= 15 is 0 Å². The van der Waals surface area contributed by atoms with Crippen LogP contribution in [-0.4, -0.2) is 31.8 Å². The second-order valence-corrected chi connectivity index (χ2v) is 7.66. The zero-order valence-corrected chi connectivity index (χ0v) is 8.18. The van der Waals surface area contributed by atoms with Crippen LogP contribution in [0.25, 0.3) is 0 Å². The number of hydrogen-bond acceptors (Lipinski definition) is 6. The van der Waals surface area contributed by atoms with Gasteiger partial charge in [0, 0.05) is 0 Å². The third-order valence-corrected chi connectivity index (χ3v) is 4.30. The Morgan fingerprint density at radius 2 is 1.00 bits per heavy atom. The average Bonchev–Trinajstić information content (AvgIpc) is 1.59. The van der Waals surface area contributed by atoms with Crippen LogP contribution in [0.15, 0.2) is 0 Å². The molecule has 10 heavy (non-hydrogen) atoms. The van der Waals surface area contributed by atoms with Gasteiger partial charge in [-0.2, -0.15) is 0 Å². The summed E-state index contributed by atoms with van der Waals surface area (Å²) in [6.45, 7) is 0. The Bertz CT molecular complexity index is 152. The van der Waals surface area contributed by atoms with Crippen molar-refractivity contribution in [2.45, 2.75) is 0 Å². The van der Waals surface area contributed by atoms with Crippen molar-refractivity contribution in [3.63, 3.8) is 0 Å². The van der Waals surface area contributed by atoms with Gasteiger partial charge in [0.1, 0.15) is 0 Å². The Balaban J connectivity index is 4.43.